The number of methoxy groups -OCH3 is 1. The van der Waals surface area contributed by atoms with Crippen molar-refractivity contribution in [3.8, 4) is 5.75 Å². The molecule has 0 aliphatic rings. The maximum atomic E-state index is 13.0. The molecule has 0 saturated carbocycles. The Morgan fingerprint density at radius 1 is 1.29 bits per heavy atom. The highest BCUT2D eigenvalue weighted by Crippen LogP contribution is 2.37. The maximum Gasteiger partial charge on any atom is 0.418 e. The molecule has 0 bridgehead atoms. The van der Waals surface area contributed by atoms with Gasteiger partial charge < -0.3 is 10.5 Å². The minimum atomic E-state index is -4.66. The van der Waals surface area contributed by atoms with Gasteiger partial charge in [0.05, 0.1) is 18.4 Å². The second-order valence-electron chi connectivity index (χ2n) is 2.54. The molecule has 1 aromatic carbocycles. The van der Waals surface area contributed by atoms with Crippen molar-refractivity contribution in [2.24, 2.45) is 0 Å². The molecule has 0 radical (unpaired) electrons. The number of benzene rings is 1. The van der Waals surface area contributed by atoms with Gasteiger partial charge in [0.15, 0.2) is 11.6 Å². The molecule has 0 spiro atoms. The molecule has 78 valence electrons. The number of halogens is 4. The van der Waals surface area contributed by atoms with E-state index in [1.54, 1.807) is 0 Å². The topological polar surface area (TPSA) is 35.2 Å². The summed E-state index contributed by atoms with van der Waals surface area (Å²) in [5.41, 5.74) is 2.82. The second-order valence-corrected chi connectivity index (χ2v) is 2.54. The summed E-state index contributed by atoms with van der Waals surface area (Å²) in [7, 11) is 1.14. The van der Waals surface area contributed by atoms with Gasteiger partial charge >= 0.3 is 6.18 Å². The first kappa shape index (κ1) is 10.6. The van der Waals surface area contributed by atoms with Gasteiger partial charge in [0.25, 0.3) is 0 Å². The van der Waals surface area contributed by atoms with Crippen LogP contribution in [0.3, 0.4) is 0 Å². The van der Waals surface area contributed by atoms with Crippen LogP contribution in [0.2, 0.25) is 0 Å². The molecule has 1 aromatic rings. The summed E-state index contributed by atoms with van der Waals surface area (Å²) in [6.45, 7) is 0. The van der Waals surface area contributed by atoms with Gasteiger partial charge in [0.2, 0.25) is 0 Å². The monoisotopic (exact) mass is 209 g/mol. The Morgan fingerprint density at radius 2 is 1.86 bits per heavy atom. The van der Waals surface area contributed by atoms with Gasteiger partial charge in [-0.15, -0.1) is 0 Å². The summed E-state index contributed by atoms with van der Waals surface area (Å²) < 4.78 is 54.0. The Kier molecular flexibility index (Phi) is 2.55. The van der Waals surface area contributed by atoms with Crippen LogP contribution >= 0.6 is 0 Å². The van der Waals surface area contributed by atoms with Gasteiger partial charge in [0.1, 0.15) is 0 Å². The molecule has 0 atom stereocenters. The first-order chi connectivity index (χ1) is 6.38. The third-order valence-corrected chi connectivity index (χ3v) is 1.67. The van der Waals surface area contributed by atoms with Crippen LogP contribution in [0.25, 0.3) is 0 Å². The summed E-state index contributed by atoms with van der Waals surface area (Å²) in [4.78, 5) is 0. The third kappa shape index (κ3) is 1.73. The lowest BCUT2D eigenvalue weighted by atomic mass is 10.1. The van der Waals surface area contributed by atoms with Crippen LogP contribution in [-0.2, 0) is 6.18 Å². The molecule has 6 heteroatoms. The van der Waals surface area contributed by atoms with Crippen molar-refractivity contribution in [1.29, 1.82) is 0 Å². The van der Waals surface area contributed by atoms with E-state index in [0.29, 0.717) is 6.07 Å². The third-order valence-electron chi connectivity index (χ3n) is 1.67. The van der Waals surface area contributed by atoms with E-state index in [-0.39, 0.29) is 5.75 Å². The van der Waals surface area contributed by atoms with E-state index < -0.39 is 23.2 Å². The van der Waals surface area contributed by atoms with Crippen molar-refractivity contribution < 1.29 is 22.3 Å². The number of nitrogens with two attached hydrogens (primary N) is 1. The van der Waals surface area contributed by atoms with E-state index in [1.165, 1.54) is 0 Å². The molecule has 2 N–H and O–H groups in total. The molecule has 0 fully saturated rings. The molecule has 0 heterocycles. The van der Waals surface area contributed by atoms with Gasteiger partial charge in [-0.3, -0.25) is 0 Å². The van der Waals surface area contributed by atoms with E-state index in [9.17, 15) is 17.6 Å². The van der Waals surface area contributed by atoms with Crippen LogP contribution in [0.5, 0.6) is 5.75 Å². The Hall–Kier alpha value is -1.46. The van der Waals surface area contributed by atoms with Crippen molar-refractivity contribution in [3.05, 3.63) is 23.5 Å². The number of alkyl halides is 3. The molecule has 0 aromatic heterocycles. The molecular weight excluding hydrogens is 202 g/mol. The largest absolute Gasteiger partial charge is 0.494 e. The predicted molar refractivity (Wildman–Crippen MR) is 42.4 cm³/mol. The van der Waals surface area contributed by atoms with Crippen LogP contribution < -0.4 is 10.5 Å². The zero-order chi connectivity index (χ0) is 10.9. The van der Waals surface area contributed by atoms with Crippen molar-refractivity contribution >= 4 is 5.69 Å². The fourth-order valence-electron chi connectivity index (χ4n) is 0.978. The summed E-state index contributed by atoms with van der Waals surface area (Å²) in [5.74, 6) is -1.50. The lowest BCUT2D eigenvalue weighted by molar-refractivity contribution is -0.137. The molecule has 0 amide bonds. The Morgan fingerprint density at radius 3 is 2.29 bits per heavy atom. The van der Waals surface area contributed by atoms with Gasteiger partial charge in [-0.2, -0.15) is 13.2 Å². The number of nitrogen functional groups attached to an aromatic ring is 1. The maximum absolute atomic E-state index is 13.0. The van der Waals surface area contributed by atoms with Crippen LogP contribution in [0.15, 0.2) is 12.1 Å². The smallest absolute Gasteiger partial charge is 0.418 e. The van der Waals surface area contributed by atoms with E-state index in [1.807, 2.05) is 0 Å². The Balaban J connectivity index is 3.31. The Bertz CT molecular complexity index is 348. The predicted octanol–water partition coefficient (Wildman–Crippen LogP) is 2.44. The quantitative estimate of drug-likeness (QED) is 0.569. The van der Waals surface area contributed by atoms with Crippen LogP contribution in [0.1, 0.15) is 5.56 Å². The van der Waals surface area contributed by atoms with Gasteiger partial charge in [-0.05, 0) is 12.1 Å². The highest BCUT2D eigenvalue weighted by atomic mass is 19.4. The van der Waals surface area contributed by atoms with Crippen LogP contribution in [0.4, 0.5) is 23.2 Å². The van der Waals surface area contributed by atoms with Crippen molar-refractivity contribution in [2.75, 3.05) is 12.8 Å². The van der Waals surface area contributed by atoms with Crippen LogP contribution in [0, 0.1) is 5.82 Å². The lowest BCUT2D eigenvalue weighted by Gasteiger charge is -2.11. The summed E-state index contributed by atoms with van der Waals surface area (Å²) >= 11 is 0. The standard InChI is InChI=1S/C8H7F4NO/c1-14-5-3-2-4(8(10,11)12)7(13)6(5)9/h2-3H,13H2,1H3. The molecule has 0 unspecified atom stereocenters. The summed E-state index contributed by atoms with van der Waals surface area (Å²) in [6, 6.07) is 1.56. The SMILES string of the molecule is COc1ccc(C(F)(F)F)c(N)c1F. The van der Waals surface area contributed by atoms with Crippen LogP contribution in [-0.4, -0.2) is 7.11 Å². The van der Waals surface area contributed by atoms with Gasteiger partial charge in [0, 0.05) is 0 Å². The second kappa shape index (κ2) is 3.36. The molecule has 0 aliphatic carbocycles. The normalized spacial score (nSPS) is 11.5. The van der Waals surface area contributed by atoms with E-state index in [0.717, 1.165) is 13.2 Å². The van der Waals surface area contributed by atoms with Gasteiger partial charge in [-0.1, -0.05) is 0 Å². The average molecular weight is 209 g/mol. The minimum Gasteiger partial charge on any atom is -0.494 e. The highest BCUT2D eigenvalue weighted by Gasteiger charge is 2.34. The first-order valence-electron chi connectivity index (χ1n) is 3.57. The van der Waals surface area contributed by atoms with Crippen molar-refractivity contribution in [3.63, 3.8) is 0 Å². The number of rotatable bonds is 1. The first-order valence-corrected chi connectivity index (χ1v) is 3.57. The molecule has 14 heavy (non-hydrogen) atoms. The summed E-state index contributed by atoms with van der Waals surface area (Å²) in [6.07, 6.45) is -4.66. The Labute approximate surface area is 77.3 Å². The fraction of sp³-hybridized carbons (Fsp3) is 0.250. The molecule has 2 nitrogen and oxygen atoms in total. The number of anilines is 1. The lowest BCUT2D eigenvalue weighted by Crippen LogP contribution is -2.10. The van der Waals surface area contributed by atoms with E-state index in [2.05, 4.69) is 4.74 Å². The van der Waals surface area contributed by atoms with Crippen molar-refractivity contribution in [1.82, 2.24) is 0 Å². The average Bonchev–Trinajstić information content (AvgIpc) is 2.07. The molecule has 1 rings (SSSR count). The zero-order valence-electron chi connectivity index (χ0n) is 7.15. The summed E-state index contributed by atoms with van der Waals surface area (Å²) in [5, 5.41) is 0. The minimum absolute atomic E-state index is 0.310. The molecular formula is C8H7F4NO. The highest BCUT2D eigenvalue weighted by molar-refractivity contribution is 5.54. The van der Waals surface area contributed by atoms with Gasteiger partial charge in [-0.25, -0.2) is 4.39 Å². The number of ether oxygens (including phenoxy) is 1. The van der Waals surface area contributed by atoms with Crippen molar-refractivity contribution in [2.45, 2.75) is 6.18 Å². The van der Waals surface area contributed by atoms with E-state index >= 15 is 0 Å². The molecule has 0 saturated heterocycles. The zero-order valence-corrected chi connectivity index (χ0v) is 7.15. The van der Waals surface area contributed by atoms with E-state index in [4.69, 9.17) is 5.73 Å². The molecule has 0 aliphatic heterocycles. The number of hydrogen-bond acceptors (Lipinski definition) is 2. The fourth-order valence-corrected chi connectivity index (χ4v) is 0.978. The number of hydrogen-bond donors (Lipinski definition) is 1.